The van der Waals surface area contributed by atoms with Gasteiger partial charge in [-0.25, -0.2) is 9.48 Å². The number of anilines is 1. The molecule has 9 heteroatoms. The number of carbonyl (C=O) groups is 2. The van der Waals surface area contributed by atoms with Crippen molar-refractivity contribution in [2.24, 2.45) is 0 Å². The van der Waals surface area contributed by atoms with Crippen molar-refractivity contribution in [3.8, 4) is 5.69 Å². The lowest BCUT2D eigenvalue weighted by atomic mass is 10.2. The Hall–Kier alpha value is -3.49. The van der Waals surface area contributed by atoms with E-state index in [1.165, 1.54) is 10.9 Å². The van der Waals surface area contributed by atoms with Gasteiger partial charge in [0.1, 0.15) is 5.56 Å². The van der Waals surface area contributed by atoms with Crippen molar-refractivity contribution in [3.05, 3.63) is 53.4 Å². The predicted molar refractivity (Wildman–Crippen MR) is 105 cm³/mol. The van der Waals surface area contributed by atoms with Crippen LogP contribution >= 0.6 is 0 Å². The molecule has 152 valence electrons. The van der Waals surface area contributed by atoms with Crippen LogP contribution in [0.4, 0.5) is 5.69 Å². The third-order valence-electron chi connectivity index (χ3n) is 4.39. The molecule has 0 spiro atoms. The monoisotopic (exact) mass is 397 g/mol. The number of hydrogen-bond acceptors (Lipinski definition) is 6. The summed E-state index contributed by atoms with van der Waals surface area (Å²) in [5, 5.41) is 20.0. The first-order valence-electron chi connectivity index (χ1n) is 9.47. The highest BCUT2D eigenvalue weighted by atomic mass is 16.5. The zero-order valence-electron chi connectivity index (χ0n) is 16.4. The molecular weight excluding hydrogens is 374 g/mol. The second-order valence-electron chi connectivity index (χ2n) is 6.67. The molecule has 0 bridgehead atoms. The maximum absolute atomic E-state index is 12.2. The van der Waals surface area contributed by atoms with E-state index in [1.54, 1.807) is 31.2 Å². The van der Waals surface area contributed by atoms with E-state index >= 15 is 0 Å². The van der Waals surface area contributed by atoms with E-state index in [2.05, 4.69) is 20.6 Å². The fourth-order valence-electron chi connectivity index (χ4n) is 2.94. The van der Waals surface area contributed by atoms with Gasteiger partial charge in [-0.1, -0.05) is 18.1 Å². The normalized spacial score (nSPS) is 10.8. The molecule has 3 aromatic rings. The van der Waals surface area contributed by atoms with Gasteiger partial charge >= 0.3 is 5.97 Å². The number of aromatic carboxylic acids is 1. The Morgan fingerprint density at radius 1 is 1.28 bits per heavy atom. The number of nitrogens with one attached hydrogen (secondary N) is 1. The second kappa shape index (κ2) is 9.13. The highest BCUT2D eigenvalue weighted by molar-refractivity contribution is 5.91. The lowest BCUT2D eigenvalue weighted by Crippen LogP contribution is -2.12. The van der Waals surface area contributed by atoms with Gasteiger partial charge in [0.2, 0.25) is 11.8 Å². The molecule has 9 nitrogen and oxygen atoms in total. The van der Waals surface area contributed by atoms with E-state index < -0.39 is 5.97 Å². The fraction of sp³-hybridized carbons (Fsp3) is 0.350. The summed E-state index contributed by atoms with van der Waals surface area (Å²) in [6.07, 6.45) is 4.51. The molecule has 0 aliphatic rings. The van der Waals surface area contributed by atoms with Gasteiger partial charge in [0.15, 0.2) is 5.82 Å². The smallest absolute Gasteiger partial charge is 0.339 e. The molecule has 0 radical (unpaired) electrons. The fourth-order valence-corrected chi connectivity index (χ4v) is 2.94. The summed E-state index contributed by atoms with van der Waals surface area (Å²) < 4.78 is 6.70. The molecule has 3 rings (SSSR count). The first-order chi connectivity index (χ1) is 14.0. The summed E-state index contributed by atoms with van der Waals surface area (Å²) in [4.78, 5) is 27.7. The topological polar surface area (TPSA) is 123 Å². The maximum atomic E-state index is 12.2. The maximum Gasteiger partial charge on any atom is 0.339 e. The Morgan fingerprint density at radius 2 is 2.10 bits per heavy atom. The molecule has 0 saturated heterocycles. The molecule has 2 aromatic heterocycles. The highest BCUT2D eigenvalue weighted by Gasteiger charge is 2.14. The van der Waals surface area contributed by atoms with Crippen molar-refractivity contribution in [1.82, 2.24) is 19.9 Å². The Morgan fingerprint density at radius 3 is 2.83 bits per heavy atom. The minimum Gasteiger partial charge on any atom is -0.478 e. The van der Waals surface area contributed by atoms with Crippen molar-refractivity contribution in [3.63, 3.8) is 0 Å². The summed E-state index contributed by atoms with van der Waals surface area (Å²) in [5.41, 5.74) is 1.94. The summed E-state index contributed by atoms with van der Waals surface area (Å²) in [7, 11) is 0. The minimum absolute atomic E-state index is 0.126. The number of carbonyl (C=O) groups excluding carboxylic acids is 1. The van der Waals surface area contributed by atoms with Crippen LogP contribution in [0.2, 0.25) is 0 Å². The summed E-state index contributed by atoms with van der Waals surface area (Å²) in [6, 6.07) is 7.09. The van der Waals surface area contributed by atoms with Crippen LogP contribution in [0.25, 0.3) is 5.69 Å². The molecule has 0 atom stereocenters. The van der Waals surface area contributed by atoms with Gasteiger partial charge in [0.25, 0.3) is 0 Å². The predicted octanol–water partition coefficient (Wildman–Crippen LogP) is 3.18. The number of hydrogen-bond donors (Lipinski definition) is 2. The molecule has 0 fully saturated rings. The van der Waals surface area contributed by atoms with E-state index in [0.717, 1.165) is 12.8 Å². The Bertz CT molecular complexity index is 1010. The number of carboxylic acids is 1. The number of rotatable bonds is 9. The number of aryl methyl sites for hydroxylation is 2. The molecule has 2 N–H and O–H groups in total. The van der Waals surface area contributed by atoms with E-state index in [0.29, 0.717) is 48.0 Å². The van der Waals surface area contributed by atoms with Gasteiger partial charge in [-0.15, -0.1) is 0 Å². The van der Waals surface area contributed by atoms with Crippen molar-refractivity contribution < 1.29 is 19.2 Å². The number of amides is 1. The molecule has 1 aromatic carbocycles. The van der Waals surface area contributed by atoms with Gasteiger partial charge in [0, 0.05) is 24.9 Å². The average Bonchev–Trinajstić information content (AvgIpc) is 3.29. The van der Waals surface area contributed by atoms with Crippen LogP contribution in [-0.2, 0) is 17.6 Å². The van der Waals surface area contributed by atoms with Crippen LogP contribution < -0.4 is 5.32 Å². The molecular formula is C20H23N5O4. The van der Waals surface area contributed by atoms with E-state index in [1.807, 2.05) is 6.92 Å². The number of benzene rings is 1. The summed E-state index contributed by atoms with van der Waals surface area (Å²) >= 11 is 0. The van der Waals surface area contributed by atoms with Crippen molar-refractivity contribution >= 4 is 17.6 Å². The van der Waals surface area contributed by atoms with Gasteiger partial charge in [-0.05, 0) is 38.0 Å². The average molecular weight is 397 g/mol. The SMILES string of the molecule is CCCc1noc(CCCC(=O)Nc2cccc(-n3ncc(C(=O)O)c3C)c2)n1. The van der Waals surface area contributed by atoms with Crippen LogP contribution in [-0.4, -0.2) is 36.9 Å². The molecule has 29 heavy (non-hydrogen) atoms. The second-order valence-corrected chi connectivity index (χ2v) is 6.67. The number of nitrogens with zero attached hydrogens (tertiary/aromatic N) is 4. The van der Waals surface area contributed by atoms with Gasteiger partial charge < -0.3 is 14.9 Å². The molecule has 0 saturated carbocycles. The van der Waals surface area contributed by atoms with Crippen LogP contribution in [0.3, 0.4) is 0 Å². The first-order valence-corrected chi connectivity index (χ1v) is 9.47. The number of carboxylic acid groups (broad SMARTS) is 1. The molecule has 1 amide bonds. The first kappa shape index (κ1) is 20.2. The Kier molecular flexibility index (Phi) is 6.38. The van der Waals surface area contributed by atoms with Crippen LogP contribution in [0, 0.1) is 6.92 Å². The zero-order valence-corrected chi connectivity index (χ0v) is 16.4. The molecule has 0 aliphatic carbocycles. The Labute approximate surface area is 167 Å². The van der Waals surface area contributed by atoms with Crippen molar-refractivity contribution in [2.45, 2.75) is 46.0 Å². The lowest BCUT2D eigenvalue weighted by Gasteiger charge is -2.09. The third-order valence-corrected chi connectivity index (χ3v) is 4.39. The van der Waals surface area contributed by atoms with Crippen LogP contribution in [0.5, 0.6) is 0 Å². The zero-order chi connectivity index (χ0) is 20.8. The van der Waals surface area contributed by atoms with Crippen molar-refractivity contribution in [2.75, 3.05) is 5.32 Å². The quantitative estimate of drug-likeness (QED) is 0.568. The van der Waals surface area contributed by atoms with Gasteiger partial charge in [-0.3, -0.25) is 4.79 Å². The lowest BCUT2D eigenvalue weighted by molar-refractivity contribution is -0.116. The third kappa shape index (κ3) is 5.07. The van der Waals surface area contributed by atoms with Crippen LogP contribution in [0.1, 0.15) is 54.0 Å². The largest absolute Gasteiger partial charge is 0.478 e. The standard InChI is InChI=1S/C20H23N5O4/c1-3-6-17-23-19(29-24-17)10-5-9-18(26)22-14-7-4-8-15(11-14)25-13(2)16(12-21-25)20(27)28/h4,7-8,11-12H,3,5-6,9-10H2,1-2H3,(H,22,26)(H,27,28). The minimum atomic E-state index is -1.03. The summed E-state index contributed by atoms with van der Waals surface area (Å²) in [5.74, 6) is 0.0931. The number of aromatic nitrogens is 4. The van der Waals surface area contributed by atoms with E-state index in [4.69, 9.17) is 9.63 Å². The van der Waals surface area contributed by atoms with E-state index in [9.17, 15) is 9.59 Å². The van der Waals surface area contributed by atoms with Crippen LogP contribution in [0.15, 0.2) is 35.0 Å². The Balaban J connectivity index is 1.57. The summed E-state index contributed by atoms with van der Waals surface area (Å²) in [6.45, 7) is 3.74. The van der Waals surface area contributed by atoms with E-state index in [-0.39, 0.29) is 11.5 Å². The van der Waals surface area contributed by atoms with Gasteiger partial charge in [0.05, 0.1) is 17.6 Å². The molecule has 0 aliphatic heterocycles. The molecule has 0 unspecified atom stereocenters. The van der Waals surface area contributed by atoms with Crippen molar-refractivity contribution in [1.29, 1.82) is 0 Å². The molecule has 2 heterocycles. The van der Waals surface area contributed by atoms with Gasteiger partial charge in [-0.2, -0.15) is 10.1 Å². The highest BCUT2D eigenvalue weighted by Crippen LogP contribution is 2.18.